The van der Waals surface area contributed by atoms with E-state index in [-0.39, 0.29) is 0 Å². The van der Waals surface area contributed by atoms with E-state index in [4.69, 9.17) is 0 Å². The van der Waals surface area contributed by atoms with Crippen LogP contribution in [0.3, 0.4) is 0 Å². The average Bonchev–Trinajstić information content (AvgIpc) is 1.86. The van der Waals surface area contributed by atoms with Crippen molar-refractivity contribution in [2.75, 3.05) is 6.73 Å². The van der Waals surface area contributed by atoms with Gasteiger partial charge < -0.3 is 0 Å². The molecule has 0 bridgehead atoms. The molecule has 3 nitrogen and oxygen atoms in total. The van der Waals surface area contributed by atoms with Gasteiger partial charge in [0, 0.05) is 0 Å². The molecule has 0 N–H and O–H groups in total. The van der Waals surface area contributed by atoms with Crippen LogP contribution in [-0.2, 0) is 4.74 Å². The molecule has 0 saturated carbocycles. The standard InChI is InChI=1S/C2H2N2OSe/c6-2-4-3-1-5-2/h1H2. The molecule has 6 heavy (non-hydrogen) atoms. The van der Waals surface area contributed by atoms with E-state index in [9.17, 15) is 0 Å². The van der Waals surface area contributed by atoms with Gasteiger partial charge in [-0.15, -0.1) is 0 Å². The van der Waals surface area contributed by atoms with Crippen LogP contribution in [0.2, 0.25) is 0 Å². The number of ether oxygens (including phenoxy) is 1. The normalized spacial score (nSPS) is 18.3. The summed E-state index contributed by atoms with van der Waals surface area (Å²) in [6.45, 7) is 0.377. The van der Waals surface area contributed by atoms with E-state index >= 15 is 0 Å². The van der Waals surface area contributed by atoms with Gasteiger partial charge in [0.25, 0.3) is 0 Å². The Labute approximate surface area is 42.8 Å². The molecule has 0 amide bonds. The molecular weight excluding hydrogens is 147 g/mol. The van der Waals surface area contributed by atoms with E-state index in [0.29, 0.717) is 11.5 Å². The van der Waals surface area contributed by atoms with Gasteiger partial charge in [0.15, 0.2) is 0 Å². The fourth-order valence-electron chi connectivity index (χ4n) is 0.200. The molecule has 1 heterocycles. The summed E-state index contributed by atoms with van der Waals surface area (Å²) in [6, 6.07) is 0. The summed E-state index contributed by atoms with van der Waals surface area (Å²) in [5, 5.41) is 7.00. The van der Waals surface area contributed by atoms with E-state index in [1.807, 2.05) is 0 Å². The molecule has 1 aliphatic rings. The fraction of sp³-hybridized carbons (Fsp3) is 0.500. The van der Waals surface area contributed by atoms with Crippen molar-refractivity contribution < 1.29 is 4.74 Å². The van der Waals surface area contributed by atoms with Crippen molar-refractivity contribution in [1.82, 2.24) is 0 Å². The Morgan fingerprint density at radius 1 is 1.83 bits per heavy atom. The van der Waals surface area contributed by atoms with Crippen LogP contribution in [0.15, 0.2) is 10.2 Å². The summed E-state index contributed by atoms with van der Waals surface area (Å²) in [5.74, 6) is 0. The number of hydrogen-bond donors (Lipinski definition) is 0. The van der Waals surface area contributed by atoms with E-state index in [1.165, 1.54) is 0 Å². The summed E-state index contributed by atoms with van der Waals surface area (Å²) in [7, 11) is 0. The number of nitrogens with zero attached hydrogens (tertiary/aromatic N) is 2. The second kappa shape index (κ2) is 1.49. The Morgan fingerprint density at radius 3 is 2.83 bits per heavy atom. The SMILES string of the molecule is [Se]=C1N=NCO1. The van der Waals surface area contributed by atoms with Crippen LogP contribution in [0, 0.1) is 0 Å². The monoisotopic (exact) mass is 150 g/mol. The maximum absolute atomic E-state index is 4.68. The number of rotatable bonds is 0. The summed E-state index contributed by atoms with van der Waals surface area (Å²) in [6.07, 6.45) is 0. The van der Waals surface area contributed by atoms with Crippen LogP contribution >= 0.6 is 0 Å². The molecule has 0 aromatic carbocycles. The van der Waals surface area contributed by atoms with Crippen LogP contribution in [0.5, 0.6) is 0 Å². The molecule has 1 rings (SSSR count). The van der Waals surface area contributed by atoms with Gasteiger partial charge in [-0.2, -0.15) is 0 Å². The third-order valence-electron chi connectivity index (χ3n) is 0.398. The van der Waals surface area contributed by atoms with Gasteiger partial charge in [-0.1, -0.05) is 0 Å². The van der Waals surface area contributed by atoms with E-state index in [1.54, 1.807) is 0 Å². The fourth-order valence-corrected chi connectivity index (χ4v) is 0.431. The van der Waals surface area contributed by atoms with Crippen molar-refractivity contribution in [3.05, 3.63) is 0 Å². The van der Waals surface area contributed by atoms with Crippen molar-refractivity contribution in [3.63, 3.8) is 0 Å². The van der Waals surface area contributed by atoms with Crippen LogP contribution < -0.4 is 0 Å². The predicted molar refractivity (Wildman–Crippen MR) is 21.6 cm³/mol. The Hall–Kier alpha value is -0.211. The first kappa shape index (κ1) is 3.96. The minimum absolute atomic E-state index is 0.377. The molecule has 0 spiro atoms. The summed E-state index contributed by atoms with van der Waals surface area (Å²) in [4.78, 5) is 0. The molecular formula is C2H2N2OSe. The first-order valence-electron chi connectivity index (χ1n) is 1.44. The van der Waals surface area contributed by atoms with E-state index < -0.39 is 0 Å². The van der Waals surface area contributed by atoms with Gasteiger partial charge in [0.05, 0.1) is 0 Å². The zero-order valence-corrected chi connectivity index (χ0v) is 4.63. The van der Waals surface area contributed by atoms with Crippen LogP contribution in [0.1, 0.15) is 0 Å². The second-order valence-corrected chi connectivity index (χ2v) is 1.51. The summed E-state index contributed by atoms with van der Waals surface area (Å²) in [5.41, 5.74) is 0. The predicted octanol–water partition coefficient (Wildman–Crippen LogP) is -0.318. The third kappa shape index (κ3) is 0.640. The van der Waals surface area contributed by atoms with E-state index in [2.05, 4.69) is 30.5 Å². The van der Waals surface area contributed by atoms with Gasteiger partial charge >= 0.3 is 42.0 Å². The van der Waals surface area contributed by atoms with Crippen molar-refractivity contribution in [2.45, 2.75) is 0 Å². The zero-order valence-electron chi connectivity index (χ0n) is 2.92. The van der Waals surface area contributed by atoms with Gasteiger partial charge in [0.1, 0.15) is 0 Å². The van der Waals surface area contributed by atoms with Gasteiger partial charge in [-0.05, 0) is 0 Å². The molecule has 0 aliphatic carbocycles. The molecule has 0 radical (unpaired) electrons. The third-order valence-corrected chi connectivity index (χ3v) is 0.817. The van der Waals surface area contributed by atoms with Gasteiger partial charge in [-0.25, -0.2) is 0 Å². The number of azo groups is 1. The Bertz CT molecular complexity index is 99.7. The zero-order chi connectivity index (χ0) is 4.41. The molecule has 0 unspecified atom stereocenters. The van der Waals surface area contributed by atoms with Crippen molar-refractivity contribution in [2.24, 2.45) is 10.2 Å². The van der Waals surface area contributed by atoms with Crippen LogP contribution in [-0.4, -0.2) is 27.0 Å². The Kier molecular flexibility index (Phi) is 0.985. The van der Waals surface area contributed by atoms with Crippen molar-refractivity contribution >= 4 is 20.3 Å². The second-order valence-electron chi connectivity index (χ2n) is 0.781. The van der Waals surface area contributed by atoms with Crippen molar-refractivity contribution in [1.29, 1.82) is 0 Å². The first-order chi connectivity index (χ1) is 2.89. The molecule has 1 aliphatic heterocycles. The van der Waals surface area contributed by atoms with Crippen molar-refractivity contribution in [3.8, 4) is 0 Å². The number of hydrogen-bond acceptors (Lipinski definition) is 3. The minimum atomic E-state index is 0.377. The Balaban J connectivity index is 2.59. The van der Waals surface area contributed by atoms with Gasteiger partial charge in [0.2, 0.25) is 0 Å². The molecule has 4 heteroatoms. The maximum atomic E-state index is 4.68. The quantitative estimate of drug-likeness (QED) is 0.434. The first-order valence-corrected chi connectivity index (χ1v) is 2.29. The molecule has 0 atom stereocenters. The van der Waals surface area contributed by atoms with Crippen LogP contribution in [0.4, 0.5) is 0 Å². The summed E-state index contributed by atoms with van der Waals surface area (Å²) < 4.78 is 5.22. The average molecular weight is 149 g/mol. The molecule has 0 aromatic heterocycles. The van der Waals surface area contributed by atoms with Crippen LogP contribution in [0.25, 0.3) is 0 Å². The topological polar surface area (TPSA) is 34.0 Å². The summed E-state index contributed by atoms with van der Waals surface area (Å²) >= 11 is 2.57. The van der Waals surface area contributed by atoms with Gasteiger partial charge in [-0.3, -0.25) is 0 Å². The molecule has 0 fully saturated rings. The molecule has 0 saturated heterocycles. The van der Waals surface area contributed by atoms with E-state index in [0.717, 1.165) is 0 Å². The molecule has 0 aromatic rings. The Morgan fingerprint density at radius 2 is 2.67 bits per heavy atom. The molecule has 32 valence electrons.